The topological polar surface area (TPSA) is 59.8 Å². The summed E-state index contributed by atoms with van der Waals surface area (Å²) in [6, 6.07) is 13.9. The van der Waals surface area contributed by atoms with Crippen LogP contribution in [0, 0.1) is 5.82 Å². The van der Waals surface area contributed by atoms with Gasteiger partial charge in [0.25, 0.3) is 0 Å². The molecule has 0 radical (unpaired) electrons. The van der Waals surface area contributed by atoms with Gasteiger partial charge in [-0.2, -0.15) is 0 Å². The number of rotatable bonds is 7. The molecule has 1 N–H and O–H groups in total. The third-order valence-electron chi connectivity index (χ3n) is 5.01. The van der Waals surface area contributed by atoms with Gasteiger partial charge in [-0.05, 0) is 29.8 Å². The Hall–Kier alpha value is -2.90. The number of aliphatic hydroxyl groups is 1. The number of aliphatic hydroxyl groups excluding tert-OH is 1. The highest BCUT2D eigenvalue weighted by Gasteiger charge is 2.33. The van der Waals surface area contributed by atoms with E-state index in [0.717, 1.165) is 17.1 Å². The Morgan fingerprint density at radius 1 is 1.14 bits per heavy atom. The molecule has 1 aliphatic rings. The van der Waals surface area contributed by atoms with Gasteiger partial charge in [0.2, 0.25) is 0 Å². The first-order valence-corrected chi connectivity index (χ1v) is 9.57. The van der Waals surface area contributed by atoms with Gasteiger partial charge in [-0.15, -0.1) is 0 Å². The number of hydrogen-bond donors (Lipinski definition) is 1. The molecule has 0 saturated carbocycles. The summed E-state index contributed by atoms with van der Waals surface area (Å²) in [6.07, 6.45) is 2.64. The molecule has 1 fully saturated rings. The van der Waals surface area contributed by atoms with E-state index < -0.39 is 6.10 Å². The molecule has 2 aromatic carbocycles. The normalized spacial score (nSPS) is 19.4. The number of nitrogens with zero attached hydrogens (tertiary/aromatic N) is 3. The van der Waals surface area contributed by atoms with Crippen molar-refractivity contribution in [3.63, 3.8) is 0 Å². The van der Waals surface area contributed by atoms with Crippen molar-refractivity contribution in [1.29, 1.82) is 0 Å². The quantitative estimate of drug-likeness (QED) is 0.664. The maximum absolute atomic E-state index is 13.3. The van der Waals surface area contributed by atoms with Gasteiger partial charge in [0.05, 0.1) is 0 Å². The molecular formula is C22H24FN3O3. The van der Waals surface area contributed by atoms with E-state index in [1.54, 1.807) is 18.3 Å². The molecule has 0 unspecified atom stereocenters. The lowest BCUT2D eigenvalue weighted by Gasteiger charge is -2.17. The zero-order valence-corrected chi connectivity index (χ0v) is 16.2. The second-order valence-electron chi connectivity index (χ2n) is 7.26. The fraction of sp³-hybridized carbons (Fsp3) is 0.318. The van der Waals surface area contributed by atoms with E-state index in [0.29, 0.717) is 32.0 Å². The number of β-amino-alcohol motifs (C(OH)–C–C–N with tert-alkyl or cyclic N) is 1. The number of benzene rings is 2. The minimum atomic E-state index is -0.612. The first-order chi connectivity index (χ1) is 14.1. The number of imidazole rings is 1. The Labute approximate surface area is 169 Å². The number of hydrogen-bond acceptors (Lipinski definition) is 5. The standard InChI is InChI=1S/C22H24FN3O3/c1-25-10-9-24-22(25)15-28-18-7-5-16(6-8-18)12-26-13-20(27)21(14-26)29-19-4-2-3-17(23)11-19/h2-11,20-21,27H,12-15H2,1H3/t20-,21-/m1/s1. The fourth-order valence-electron chi connectivity index (χ4n) is 3.43. The van der Waals surface area contributed by atoms with Gasteiger partial charge >= 0.3 is 0 Å². The largest absolute Gasteiger partial charge is 0.486 e. The maximum Gasteiger partial charge on any atom is 0.146 e. The van der Waals surface area contributed by atoms with Crippen LogP contribution < -0.4 is 9.47 Å². The summed E-state index contributed by atoms with van der Waals surface area (Å²) in [5.74, 6) is 1.73. The van der Waals surface area contributed by atoms with Crippen LogP contribution in [0.25, 0.3) is 0 Å². The Balaban J connectivity index is 1.29. The van der Waals surface area contributed by atoms with Crippen molar-refractivity contribution in [3.8, 4) is 11.5 Å². The monoisotopic (exact) mass is 397 g/mol. The third kappa shape index (κ3) is 4.93. The third-order valence-corrected chi connectivity index (χ3v) is 5.01. The van der Waals surface area contributed by atoms with Crippen LogP contribution in [0.3, 0.4) is 0 Å². The lowest BCUT2D eigenvalue weighted by atomic mass is 10.2. The van der Waals surface area contributed by atoms with Crippen LogP contribution in [0.1, 0.15) is 11.4 Å². The summed E-state index contributed by atoms with van der Waals surface area (Å²) in [6.45, 7) is 2.20. The van der Waals surface area contributed by atoms with Crippen molar-refractivity contribution in [2.75, 3.05) is 13.1 Å². The van der Waals surface area contributed by atoms with Crippen LogP contribution in [0.15, 0.2) is 60.9 Å². The van der Waals surface area contributed by atoms with E-state index >= 15 is 0 Å². The lowest BCUT2D eigenvalue weighted by Crippen LogP contribution is -2.29. The number of halogens is 1. The van der Waals surface area contributed by atoms with Crippen LogP contribution in [0.5, 0.6) is 11.5 Å². The van der Waals surface area contributed by atoms with Crippen molar-refractivity contribution >= 4 is 0 Å². The molecule has 4 rings (SSSR count). The van der Waals surface area contributed by atoms with Crippen LogP contribution in [0.2, 0.25) is 0 Å². The molecule has 0 amide bonds. The highest BCUT2D eigenvalue weighted by Crippen LogP contribution is 2.22. The zero-order chi connectivity index (χ0) is 20.2. The molecule has 1 aromatic heterocycles. The van der Waals surface area contributed by atoms with E-state index in [1.165, 1.54) is 12.1 Å². The summed E-state index contributed by atoms with van der Waals surface area (Å²) < 4.78 is 26.8. The zero-order valence-electron chi connectivity index (χ0n) is 16.2. The van der Waals surface area contributed by atoms with Gasteiger partial charge in [0, 0.05) is 45.1 Å². The van der Waals surface area contributed by atoms with Crippen LogP contribution >= 0.6 is 0 Å². The Kier molecular flexibility index (Phi) is 5.78. The Morgan fingerprint density at radius 3 is 2.69 bits per heavy atom. The first kappa shape index (κ1) is 19.4. The second-order valence-corrected chi connectivity index (χ2v) is 7.26. The van der Waals surface area contributed by atoms with Crippen molar-refractivity contribution in [2.45, 2.75) is 25.4 Å². The van der Waals surface area contributed by atoms with Crippen LogP contribution in [-0.2, 0) is 20.2 Å². The molecule has 7 heteroatoms. The van der Waals surface area contributed by atoms with Crippen LogP contribution in [0.4, 0.5) is 4.39 Å². The summed E-state index contributed by atoms with van der Waals surface area (Å²) >= 11 is 0. The van der Waals surface area contributed by atoms with E-state index in [2.05, 4.69) is 9.88 Å². The Bertz CT molecular complexity index is 944. The van der Waals surface area contributed by atoms with Crippen molar-refractivity contribution < 1.29 is 19.0 Å². The molecule has 6 nitrogen and oxygen atoms in total. The molecule has 0 aliphatic carbocycles. The molecule has 29 heavy (non-hydrogen) atoms. The number of ether oxygens (including phenoxy) is 2. The highest BCUT2D eigenvalue weighted by atomic mass is 19.1. The minimum Gasteiger partial charge on any atom is -0.486 e. The SMILES string of the molecule is Cn1ccnc1COc1ccc(CN2C[C@@H](O)[C@H](Oc3cccc(F)c3)C2)cc1. The number of likely N-dealkylation sites (tertiary alicyclic amines) is 1. The summed E-state index contributed by atoms with van der Waals surface area (Å²) in [7, 11) is 1.94. The van der Waals surface area contributed by atoms with Gasteiger partial charge in [0.15, 0.2) is 0 Å². The van der Waals surface area contributed by atoms with Crippen molar-refractivity contribution in [1.82, 2.24) is 14.5 Å². The summed E-state index contributed by atoms with van der Waals surface area (Å²) in [5.41, 5.74) is 1.12. The van der Waals surface area contributed by atoms with Crippen molar-refractivity contribution in [3.05, 3.63) is 78.1 Å². The van der Waals surface area contributed by atoms with E-state index in [-0.39, 0.29) is 11.9 Å². The average Bonchev–Trinajstić information content (AvgIpc) is 3.26. The molecule has 3 aromatic rings. The van der Waals surface area contributed by atoms with E-state index in [9.17, 15) is 9.50 Å². The fourth-order valence-corrected chi connectivity index (χ4v) is 3.43. The molecule has 0 bridgehead atoms. The van der Waals surface area contributed by atoms with Gasteiger partial charge in [-0.1, -0.05) is 18.2 Å². The minimum absolute atomic E-state index is 0.350. The molecular weight excluding hydrogens is 373 g/mol. The molecule has 1 saturated heterocycles. The molecule has 2 atom stereocenters. The van der Waals surface area contributed by atoms with Gasteiger partial charge in [-0.3, -0.25) is 4.90 Å². The molecule has 2 heterocycles. The molecule has 152 valence electrons. The maximum atomic E-state index is 13.3. The van der Waals surface area contributed by atoms with Gasteiger partial charge in [0.1, 0.15) is 42.0 Å². The first-order valence-electron chi connectivity index (χ1n) is 9.57. The van der Waals surface area contributed by atoms with E-state index in [1.807, 2.05) is 42.1 Å². The number of aromatic nitrogens is 2. The second kappa shape index (κ2) is 8.63. The molecule has 0 spiro atoms. The molecule has 1 aliphatic heterocycles. The Morgan fingerprint density at radius 2 is 1.97 bits per heavy atom. The average molecular weight is 397 g/mol. The smallest absolute Gasteiger partial charge is 0.146 e. The van der Waals surface area contributed by atoms with Crippen LogP contribution in [-0.4, -0.2) is 44.9 Å². The van der Waals surface area contributed by atoms with Crippen molar-refractivity contribution in [2.24, 2.45) is 7.05 Å². The van der Waals surface area contributed by atoms with Gasteiger partial charge < -0.3 is 19.1 Å². The summed E-state index contributed by atoms with van der Waals surface area (Å²) in [4.78, 5) is 6.36. The number of aryl methyl sites for hydroxylation is 1. The predicted octanol–water partition coefficient (Wildman–Crippen LogP) is 2.76. The predicted molar refractivity (Wildman–Crippen MR) is 106 cm³/mol. The summed E-state index contributed by atoms with van der Waals surface area (Å²) in [5, 5.41) is 10.3. The van der Waals surface area contributed by atoms with E-state index in [4.69, 9.17) is 9.47 Å². The lowest BCUT2D eigenvalue weighted by molar-refractivity contribution is 0.0734. The van der Waals surface area contributed by atoms with Gasteiger partial charge in [-0.25, -0.2) is 9.37 Å². The highest BCUT2D eigenvalue weighted by molar-refractivity contribution is 5.27.